The molecule has 36 heavy (non-hydrogen) atoms. The molecule has 0 bridgehead atoms. The van der Waals surface area contributed by atoms with E-state index in [0.717, 1.165) is 22.2 Å². The number of nitrogens with one attached hydrogen (secondary N) is 1. The average Bonchev–Trinajstić information content (AvgIpc) is 3.13. The first-order valence-corrected chi connectivity index (χ1v) is 12.1. The van der Waals surface area contributed by atoms with E-state index in [2.05, 4.69) is 10.4 Å². The Bertz CT molecular complexity index is 1620. The first-order chi connectivity index (χ1) is 17.0. The molecule has 1 N–H and O–H groups in total. The van der Waals surface area contributed by atoms with E-state index >= 15 is 0 Å². The second kappa shape index (κ2) is 9.56. The van der Waals surface area contributed by atoms with Crippen LogP contribution in [0.2, 0.25) is 0 Å². The van der Waals surface area contributed by atoms with Crippen molar-refractivity contribution in [2.75, 3.05) is 0 Å². The molecule has 2 aromatic heterocycles. The maximum Gasteiger partial charge on any atom is 0.352 e. The van der Waals surface area contributed by atoms with Gasteiger partial charge in [-0.2, -0.15) is 0 Å². The summed E-state index contributed by atoms with van der Waals surface area (Å²) < 4.78 is 3.83. The van der Waals surface area contributed by atoms with Crippen LogP contribution in [0.4, 0.5) is 0 Å². The zero-order chi connectivity index (χ0) is 26.3. The molecule has 0 fully saturated rings. The van der Waals surface area contributed by atoms with E-state index in [9.17, 15) is 19.2 Å². The second-order valence-electron chi connectivity index (χ2n) is 9.60. The second-order valence-corrected chi connectivity index (χ2v) is 9.60. The van der Waals surface area contributed by atoms with Gasteiger partial charge in [0.05, 0.1) is 10.9 Å². The molecule has 1 atom stereocenters. The smallest absolute Gasteiger partial charge is 0.350 e. The van der Waals surface area contributed by atoms with Crippen LogP contribution in [-0.2, 0) is 6.54 Å². The third-order valence-electron chi connectivity index (χ3n) is 6.47. The van der Waals surface area contributed by atoms with Crippen molar-refractivity contribution in [3.63, 3.8) is 0 Å². The summed E-state index contributed by atoms with van der Waals surface area (Å²) in [4.78, 5) is 52.7. The van der Waals surface area contributed by atoms with Crippen LogP contribution in [0.3, 0.4) is 0 Å². The van der Waals surface area contributed by atoms with E-state index in [1.807, 2.05) is 53.7 Å². The van der Waals surface area contributed by atoms with Crippen molar-refractivity contribution in [1.29, 1.82) is 0 Å². The lowest BCUT2D eigenvalue weighted by molar-refractivity contribution is 0.0937. The number of nitrogens with zero attached hydrogens (tertiary/aromatic N) is 4. The third-order valence-corrected chi connectivity index (χ3v) is 6.47. The standard InChI is InChI=1S/C27H31N5O4/c1-7-18(6)28-24(34)19-9-11-21-22(13-19)32-26(31(15(2)3)25(21)35)29-30(27(32)36)14-23(33)20-10-8-16(4)12-17(20)5/h8-13,15,18H,7,14H2,1-6H3,(H,28,34). The molecule has 188 valence electrons. The molecule has 0 aliphatic heterocycles. The van der Waals surface area contributed by atoms with E-state index in [-0.39, 0.29) is 47.2 Å². The monoisotopic (exact) mass is 489 g/mol. The van der Waals surface area contributed by atoms with Crippen LogP contribution in [0.1, 0.15) is 72.0 Å². The Morgan fingerprint density at radius 1 is 1.03 bits per heavy atom. The molecule has 9 heteroatoms. The summed E-state index contributed by atoms with van der Waals surface area (Å²) >= 11 is 0. The number of hydrogen-bond donors (Lipinski definition) is 1. The zero-order valence-corrected chi connectivity index (χ0v) is 21.5. The van der Waals surface area contributed by atoms with Gasteiger partial charge in [-0.15, -0.1) is 5.10 Å². The Morgan fingerprint density at radius 3 is 2.39 bits per heavy atom. The minimum absolute atomic E-state index is 0.0242. The van der Waals surface area contributed by atoms with E-state index in [1.54, 1.807) is 18.2 Å². The molecule has 0 aliphatic carbocycles. The normalized spacial score (nSPS) is 12.4. The van der Waals surface area contributed by atoms with Gasteiger partial charge in [0.25, 0.3) is 11.5 Å². The van der Waals surface area contributed by atoms with Crippen molar-refractivity contribution >= 4 is 28.4 Å². The van der Waals surface area contributed by atoms with Crippen molar-refractivity contribution in [2.45, 2.75) is 66.6 Å². The van der Waals surface area contributed by atoms with Gasteiger partial charge < -0.3 is 5.32 Å². The highest BCUT2D eigenvalue weighted by Crippen LogP contribution is 2.17. The number of hydrogen-bond acceptors (Lipinski definition) is 5. The molecule has 0 saturated carbocycles. The minimum Gasteiger partial charge on any atom is -0.350 e. The summed E-state index contributed by atoms with van der Waals surface area (Å²) in [7, 11) is 0. The van der Waals surface area contributed by atoms with Crippen LogP contribution in [0.5, 0.6) is 0 Å². The number of carbonyl (C=O) groups excluding carboxylic acids is 2. The van der Waals surface area contributed by atoms with Crippen LogP contribution < -0.4 is 16.6 Å². The predicted octanol–water partition coefficient (Wildman–Crippen LogP) is 3.42. The molecule has 4 aromatic rings. The fourth-order valence-corrected chi connectivity index (χ4v) is 4.35. The molecular weight excluding hydrogens is 458 g/mol. The van der Waals surface area contributed by atoms with Gasteiger partial charge in [0, 0.05) is 23.2 Å². The fourth-order valence-electron chi connectivity index (χ4n) is 4.35. The number of fused-ring (bicyclic) bond motifs is 3. The minimum atomic E-state index is -0.554. The van der Waals surface area contributed by atoms with Crippen molar-refractivity contribution in [3.05, 3.63) is 79.5 Å². The van der Waals surface area contributed by atoms with E-state index < -0.39 is 5.69 Å². The molecule has 2 heterocycles. The highest BCUT2D eigenvalue weighted by atomic mass is 16.2. The first kappa shape index (κ1) is 25.1. The molecule has 0 saturated heterocycles. The molecule has 9 nitrogen and oxygen atoms in total. The number of ketones is 1. The number of aryl methyl sites for hydroxylation is 2. The van der Waals surface area contributed by atoms with Crippen molar-refractivity contribution in [2.24, 2.45) is 0 Å². The molecule has 4 rings (SSSR count). The summed E-state index contributed by atoms with van der Waals surface area (Å²) in [5.74, 6) is -0.423. The van der Waals surface area contributed by atoms with E-state index in [1.165, 1.54) is 15.0 Å². The lowest BCUT2D eigenvalue weighted by atomic mass is 10.0. The average molecular weight is 490 g/mol. The van der Waals surface area contributed by atoms with Gasteiger partial charge in [-0.05, 0) is 64.8 Å². The number of Topliss-reactive ketones (excluding diaryl/α,β-unsaturated/α-hetero) is 1. The molecule has 1 amide bonds. The van der Waals surface area contributed by atoms with Crippen molar-refractivity contribution in [1.82, 2.24) is 24.1 Å². The Morgan fingerprint density at radius 2 is 1.75 bits per heavy atom. The number of rotatable bonds is 7. The van der Waals surface area contributed by atoms with Gasteiger partial charge in [-0.1, -0.05) is 30.7 Å². The topological polar surface area (TPSA) is 107 Å². The first-order valence-electron chi connectivity index (χ1n) is 12.1. The fraction of sp³-hybridized carbons (Fsp3) is 0.370. The van der Waals surface area contributed by atoms with E-state index in [0.29, 0.717) is 16.5 Å². The maximum atomic E-state index is 13.5. The zero-order valence-electron chi connectivity index (χ0n) is 21.5. The van der Waals surface area contributed by atoms with Gasteiger partial charge in [0.15, 0.2) is 5.78 Å². The van der Waals surface area contributed by atoms with Gasteiger partial charge in [-0.3, -0.25) is 19.0 Å². The number of benzene rings is 2. The summed E-state index contributed by atoms with van der Waals surface area (Å²) in [6.07, 6.45) is 0.767. The van der Waals surface area contributed by atoms with Crippen LogP contribution in [0, 0.1) is 13.8 Å². The van der Waals surface area contributed by atoms with Gasteiger partial charge in [0.1, 0.15) is 6.54 Å². The molecule has 2 aromatic carbocycles. The molecule has 1 unspecified atom stereocenters. The Balaban J connectivity index is 1.91. The largest absolute Gasteiger partial charge is 0.352 e. The van der Waals surface area contributed by atoms with Crippen molar-refractivity contribution < 1.29 is 9.59 Å². The molecule has 0 radical (unpaired) electrons. The summed E-state index contributed by atoms with van der Waals surface area (Å²) in [6.45, 7) is 11.0. The van der Waals surface area contributed by atoms with Crippen molar-refractivity contribution in [3.8, 4) is 0 Å². The number of carbonyl (C=O) groups is 2. The quantitative estimate of drug-likeness (QED) is 0.400. The molecule has 0 aliphatic rings. The lowest BCUT2D eigenvalue weighted by Gasteiger charge is -2.14. The SMILES string of the molecule is CCC(C)NC(=O)c1ccc2c(=O)n(C(C)C)c3nn(CC(=O)c4ccc(C)cc4C)c(=O)n3c2c1. The molecular formula is C27H31N5O4. The summed E-state index contributed by atoms with van der Waals surface area (Å²) in [5, 5.41) is 7.59. The van der Waals surface area contributed by atoms with Gasteiger partial charge >= 0.3 is 5.69 Å². The predicted molar refractivity (Wildman–Crippen MR) is 139 cm³/mol. The highest BCUT2D eigenvalue weighted by molar-refractivity contribution is 5.98. The summed E-state index contributed by atoms with van der Waals surface area (Å²) in [5.41, 5.74) is 2.10. The van der Waals surface area contributed by atoms with E-state index in [4.69, 9.17) is 0 Å². The Kier molecular flexibility index (Phi) is 6.67. The highest BCUT2D eigenvalue weighted by Gasteiger charge is 2.22. The summed E-state index contributed by atoms with van der Waals surface area (Å²) in [6, 6.07) is 9.87. The van der Waals surface area contributed by atoms with Crippen LogP contribution in [-0.4, -0.2) is 36.5 Å². The maximum absolute atomic E-state index is 13.5. The molecule has 0 spiro atoms. The lowest BCUT2D eigenvalue weighted by Crippen LogP contribution is -2.32. The van der Waals surface area contributed by atoms with Gasteiger partial charge in [-0.25, -0.2) is 13.9 Å². The Hall–Kier alpha value is -4.01. The Labute approximate surface area is 208 Å². The van der Waals surface area contributed by atoms with Gasteiger partial charge in [0.2, 0.25) is 5.78 Å². The number of aromatic nitrogens is 4. The van der Waals surface area contributed by atoms with Crippen LogP contribution in [0.25, 0.3) is 16.7 Å². The third kappa shape index (κ3) is 4.36. The van der Waals surface area contributed by atoms with Crippen LogP contribution >= 0.6 is 0 Å². The van der Waals surface area contributed by atoms with Crippen LogP contribution in [0.15, 0.2) is 46.0 Å². The number of amides is 1.